The number of ether oxygens (including phenoxy) is 3. The third-order valence-electron chi connectivity index (χ3n) is 3.70. The summed E-state index contributed by atoms with van der Waals surface area (Å²) in [5.74, 6) is -12.9. The smallest absolute Gasteiger partial charge is 0.333 e. The quantitative estimate of drug-likeness (QED) is 0.198. The molecule has 2 atom stereocenters. The highest BCUT2D eigenvalue weighted by molar-refractivity contribution is 5.88. The molecule has 1 N–H and O–H groups in total. The Morgan fingerprint density at radius 1 is 0.774 bits per heavy atom. The Labute approximate surface area is 177 Å². The van der Waals surface area contributed by atoms with Gasteiger partial charge in [0.15, 0.2) is 0 Å². The fraction of sp³-hybridized carbons (Fsp3) is 0.550. The van der Waals surface area contributed by atoms with Crippen LogP contribution in [0.3, 0.4) is 0 Å². The highest BCUT2D eigenvalue weighted by atomic mass is 19.3. The van der Waals surface area contributed by atoms with Crippen molar-refractivity contribution < 1.29 is 51.3 Å². The van der Waals surface area contributed by atoms with Crippen LogP contribution >= 0.6 is 0 Å². The minimum atomic E-state index is -4.80. The van der Waals surface area contributed by atoms with Gasteiger partial charge in [0.25, 0.3) is 0 Å². The normalized spacial score (nSPS) is 13.5. The van der Waals surface area contributed by atoms with Crippen LogP contribution < -0.4 is 0 Å². The molecule has 0 saturated carbocycles. The number of hydrogen-bond donors (Lipinski definition) is 1. The van der Waals surface area contributed by atoms with Crippen LogP contribution in [0.25, 0.3) is 0 Å². The van der Waals surface area contributed by atoms with Gasteiger partial charge in [-0.15, -0.1) is 0 Å². The van der Waals surface area contributed by atoms with E-state index >= 15 is 0 Å². The predicted molar refractivity (Wildman–Crippen MR) is 101 cm³/mol. The highest BCUT2D eigenvalue weighted by Gasteiger charge is 2.58. The molecule has 0 fully saturated rings. The highest BCUT2D eigenvalue weighted by Crippen LogP contribution is 2.42. The molecule has 0 spiro atoms. The first-order valence-electron chi connectivity index (χ1n) is 8.96. The number of carbonyl (C=O) groups excluding carboxylic acids is 3. The van der Waals surface area contributed by atoms with Crippen molar-refractivity contribution in [1.29, 1.82) is 0 Å². The van der Waals surface area contributed by atoms with Gasteiger partial charge in [-0.25, -0.2) is 14.4 Å². The summed E-state index contributed by atoms with van der Waals surface area (Å²) in [6.45, 7) is 11.3. The van der Waals surface area contributed by atoms with Crippen molar-refractivity contribution in [3.63, 3.8) is 0 Å². The Hall–Kier alpha value is -2.69. The van der Waals surface area contributed by atoms with Crippen LogP contribution in [0.5, 0.6) is 0 Å². The van der Waals surface area contributed by atoms with Gasteiger partial charge in [0, 0.05) is 16.7 Å². The van der Waals surface area contributed by atoms with Gasteiger partial charge in [-0.05, 0) is 20.8 Å². The van der Waals surface area contributed by atoms with Gasteiger partial charge in [0.1, 0.15) is 18.8 Å². The molecular weight excluding hydrogens is 428 g/mol. The summed E-state index contributed by atoms with van der Waals surface area (Å²) in [5, 5.41) is 9.12. The predicted octanol–water partition coefficient (Wildman–Crippen LogP) is 3.12. The lowest BCUT2D eigenvalue weighted by Crippen LogP contribution is -2.47. The second kappa shape index (κ2) is 11.6. The second-order valence-electron chi connectivity index (χ2n) is 6.99. The molecule has 31 heavy (non-hydrogen) atoms. The van der Waals surface area contributed by atoms with Crippen molar-refractivity contribution >= 4 is 17.9 Å². The Morgan fingerprint density at radius 2 is 1.13 bits per heavy atom. The topological polar surface area (TPSA) is 99.1 Å². The van der Waals surface area contributed by atoms with E-state index in [-0.39, 0.29) is 16.7 Å². The van der Waals surface area contributed by atoms with Gasteiger partial charge in [-0.1, -0.05) is 19.7 Å². The lowest BCUT2D eigenvalue weighted by Gasteiger charge is -2.31. The molecule has 0 aromatic heterocycles. The molecule has 11 heteroatoms. The molecule has 0 aromatic rings. The molecule has 0 bridgehead atoms. The van der Waals surface area contributed by atoms with Crippen molar-refractivity contribution in [3.8, 4) is 0 Å². The summed E-state index contributed by atoms with van der Waals surface area (Å²) >= 11 is 0. The number of aliphatic hydroxyl groups is 1. The number of hydrogen-bond acceptors (Lipinski definition) is 7. The van der Waals surface area contributed by atoms with Crippen LogP contribution in [0.4, 0.5) is 17.6 Å². The Balaban J connectivity index is 5.49. The number of halogens is 4. The van der Waals surface area contributed by atoms with Crippen LogP contribution in [0.2, 0.25) is 0 Å². The third-order valence-corrected chi connectivity index (χ3v) is 3.70. The van der Waals surface area contributed by atoms with Gasteiger partial charge in [0.2, 0.25) is 0 Å². The zero-order valence-corrected chi connectivity index (χ0v) is 17.5. The molecule has 7 nitrogen and oxygen atoms in total. The van der Waals surface area contributed by atoms with Gasteiger partial charge in [0.05, 0.1) is 19.4 Å². The van der Waals surface area contributed by atoms with Gasteiger partial charge in [-0.2, -0.15) is 17.6 Å². The number of alkyl halides is 4. The maximum Gasteiger partial charge on any atom is 0.333 e. The molecule has 2 unspecified atom stereocenters. The summed E-state index contributed by atoms with van der Waals surface area (Å²) in [6.07, 6.45) is -7.33. The summed E-state index contributed by atoms with van der Waals surface area (Å²) in [5.41, 5.74) is -0.467. The van der Waals surface area contributed by atoms with Crippen molar-refractivity contribution in [2.45, 2.75) is 57.7 Å². The van der Waals surface area contributed by atoms with E-state index in [0.717, 1.165) is 0 Å². The van der Waals surface area contributed by atoms with Crippen LogP contribution in [0.15, 0.2) is 36.5 Å². The summed E-state index contributed by atoms with van der Waals surface area (Å²) in [4.78, 5) is 34.6. The fourth-order valence-corrected chi connectivity index (χ4v) is 1.94. The SMILES string of the molecule is C=C(C)C(=O)OCC(CC(F)(F)C(F)(F)CC(CO)OC(=O)C(=C)C)OC(=O)C(=C)C. The van der Waals surface area contributed by atoms with E-state index in [1.165, 1.54) is 20.8 Å². The summed E-state index contributed by atoms with van der Waals surface area (Å²) in [6, 6.07) is 0. The number of rotatable bonds is 13. The summed E-state index contributed by atoms with van der Waals surface area (Å²) in [7, 11) is 0. The molecule has 0 aromatic carbocycles. The number of esters is 3. The second-order valence-corrected chi connectivity index (χ2v) is 6.99. The minimum absolute atomic E-state index is 0.0906. The fourth-order valence-electron chi connectivity index (χ4n) is 1.94. The van der Waals surface area contributed by atoms with Crippen LogP contribution in [-0.2, 0) is 28.6 Å². The van der Waals surface area contributed by atoms with E-state index in [1.54, 1.807) is 0 Å². The van der Waals surface area contributed by atoms with Crippen LogP contribution in [0.1, 0.15) is 33.6 Å². The molecule has 0 aliphatic carbocycles. The van der Waals surface area contributed by atoms with Crippen LogP contribution in [-0.4, -0.2) is 60.3 Å². The standard InChI is InChI=1S/C20H26F4O7/c1-11(2)16(26)29-10-15(31-18(28)13(5)6)8-20(23,24)19(21,22)7-14(9-25)30-17(27)12(3)4/h14-15,25H,1,3,5,7-10H2,2,4,6H3. The molecule has 0 rings (SSSR count). The van der Waals surface area contributed by atoms with Crippen molar-refractivity contribution in [3.05, 3.63) is 36.5 Å². The van der Waals surface area contributed by atoms with E-state index in [4.69, 9.17) is 9.84 Å². The average Bonchev–Trinajstić information content (AvgIpc) is 2.63. The Kier molecular flexibility index (Phi) is 10.6. The first-order valence-corrected chi connectivity index (χ1v) is 8.96. The lowest BCUT2D eigenvalue weighted by molar-refractivity contribution is -0.239. The molecule has 0 aliphatic rings. The van der Waals surface area contributed by atoms with Crippen LogP contribution in [0, 0.1) is 0 Å². The molecule has 0 saturated heterocycles. The molecule has 0 aliphatic heterocycles. The molecular formula is C20H26F4O7. The monoisotopic (exact) mass is 454 g/mol. The van der Waals surface area contributed by atoms with Gasteiger partial charge in [-0.3, -0.25) is 0 Å². The van der Waals surface area contributed by atoms with Gasteiger partial charge >= 0.3 is 29.8 Å². The van der Waals surface area contributed by atoms with E-state index in [0.29, 0.717) is 0 Å². The number of carbonyl (C=O) groups is 3. The zero-order valence-electron chi connectivity index (χ0n) is 17.5. The van der Waals surface area contributed by atoms with Crippen molar-refractivity contribution in [1.82, 2.24) is 0 Å². The molecule has 0 amide bonds. The summed E-state index contributed by atoms with van der Waals surface area (Å²) < 4.78 is 71.3. The molecule has 176 valence electrons. The van der Waals surface area contributed by atoms with E-state index in [2.05, 4.69) is 29.2 Å². The van der Waals surface area contributed by atoms with E-state index in [1.807, 2.05) is 0 Å². The first-order chi connectivity index (χ1) is 14.0. The lowest BCUT2D eigenvalue weighted by atomic mass is 9.99. The minimum Gasteiger partial charge on any atom is -0.458 e. The van der Waals surface area contributed by atoms with E-state index < -0.39 is 68.0 Å². The van der Waals surface area contributed by atoms with Gasteiger partial charge < -0.3 is 19.3 Å². The maximum atomic E-state index is 14.4. The Morgan fingerprint density at radius 3 is 1.48 bits per heavy atom. The van der Waals surface area contributed by atoms with Crippen molar-refractivity contribution in [2.75, 3.05) is 13.2 Å². The largest absolute Gasteiger partial charge is 0.458 e. The average molecular weight is 454 g/mol. The third kappa shape index (κ3) is 9.33. The first kappa shape index (κ1) is 28.3. The van der Waals surface area contributed by atoms with Crippen molar-refractivity contribution in [2.24, 2.45) is 0 Å². The number of aliphatic hydroxyl groups excluding tert-OH is 1. The van der Waals surface area contributed by atoms with E-state index in [9.17, 15) is 31.9 Å². The molecule has 0 radical (unpaired) electrons. The molecule has 0 heterocycles. The zero-order chi connectivity index (χ0) is 24.6. The maximum absolute atomic E-state index is 14.4. The Bertz CT molecular complexity index is 731.